The number of nitrogen functional groups attached to an aromatic ring is 1. The van der Waals surface area contributed by atoms with Crippen LogP contribution in [0.5, 0.6) is 0 Å². The normalized spacial score (nSPS) is 10.8. The van der Waals surface area contributed by atoms with Crippen LogP contribution in [-0.4, -0.2) is 24.1 Å². The maximum absolute atomic E-state index is 11.3. The quantitative estimate of drug-likeness (QED) is 0.830. The van der Waals surface area contributed by atoms with Crippen molar-refractivity contribution in [2.24, 2.45) is 5.73 Å². The number of halogens is 2. The van der Waals surface area contributed by atoms with E-state index in [9.17, 15) is 4.79 Å². The molecule has 0 aliphatic heterocycles. The van der Waals surface area contributed by atoms with Gasteiger partial charge in [0.2, 0.25) is 0 Å². The van der Waals surface area contributed by atoms with E-state index in [4.69, 9.17) is 11.5 Å². The molecule has 2 aromatic rings. The van der Waals surface area contributed by atoms with E-state index in [1.807, 2.05) is 36.4 Å². The number of aromatic nitrogens is 1. The van der Waals surface area contributed by atoms with Crippen LogP contribution in [0.15, 0.2) is 42.6 Å². The highest BCUT2D eigenvalue weighted by Crippen LogP contribution is 2.21. The molecule has 1 aromatic heterocycles. The van der Waals surface area contributed by atoms with Gasteiger partial charge in [-0.2, -0.15) is 0 Å². The van der Waals surface area contributed by atoms with Gasteiger partial charge in [-0.1, -0.05) is 24.3 Å². The van der Waals surface area contributed by atoms with E-state index in [2.05, 4.69) is 9.72 Å². The van der Waals surface area contributed by atoms with E-state index in [-0.39, 0.29) is 24.8 Å². The Hall–Kier alpha value is -1.82. The summed E-state index contributed by atoms with van der Waals surface area (Å²) >= 11 is 0. The van der Waals surface area contributed by atoms with Crippen LogP contribution in [0.3, 0.4) is 0 Å². The van der Waals surface area contributed by atoms with E-state index >= 15 is 0 Å². The number of methoxy groups -OCH3 is 1. The lowest BCUT2D eigenvalue weighted by Gasteiger charge is -2.10. The van der Waals surface area contributed by atoms with Crippen LogP contribution in [0.1, 0.15) is 5.56 Å². The molecule has 1 aromatic carbocycles. The predicted octanol–water partition coefficient (Wildman–Crippen LogP) is 2.22. The number of hydrogen-bond acceptors (Lipinski definition) is 5. The van der Waals surface area contributed by atoms with Crippen molar-refractivity contribution in [3.05, 3.63) is 48.2 Å². The molecule has 0 saturated carbocycles. The first-order chi connectivity index (χ1) is 9.60. The summed E-state index contributed by atoms with van der Waals surface area (Å²) in [4.78, 5) is 15.2. The zero-order valence-corrected chi connectivity index (χ0v) is 13.7. The second kappa shape index (κ2) is 9.25. The molecule has 22 heavy (non-hydrogen) atoms. The van der Waals surface area contributed by atoms with Crippen molar-refractivity contribution in [2.45, 2.75) is 12.5 Å². The lowest BCUT2D eigenvalue weighted by molar-refractivity contribution is -0.142. The summed E-state index contributed by atoms with van der Waals surface area (Å²) < 4.78 is 4.61. The Bertz CT molecular complexity index is 606. The maximum Gasteiger partial charge on any atom is 0.322 e. The third kappa shape index (κ3) is 5.18. The average molecular weight is 344 g/mol. The number of pyridine rings is 1. The molecule has 0 amide bonds. The molecule has 0 aliphatic rings. The molecule has 2 rings (SSSR count). The van der Waals surface area contributed by atoms with Crippen molar-refractivity contribution in [3.63, 3.8) is 0 Å². The predicted molar refractivity (Wildman–Crippen MR) is 92.3 cm³/mol. The van der Waals surface area contributed by atoms with Gasteiger partial charge < -0.3 is 16.2 Å². The zero-order chi connectivity index (χ0) is 14.5. The summed E-state index contributed by atoms with van der Waals surface area (Å²) in [5.74, 6) is 0.0790. The van der Waals surface area contributed by atoms with Crippen LogP contribution in [-0.2, 0) is 16.0 Å². The van der Waals surface area contributed by atoms with Gasteiger partial charge in [-0.15, -0.1) is 24.8 Å². The molecule has 1 heterocycles. The molecule has 120 valence electrons. The van der Waals surface area contributed by atoms with Crippen LogP contribution < -0.4 is 11.5 Å². The fourth-order valence-electron chi connectivity index (χ4n) is 1.95. The number of rotatable bonds is 4. The lowest BCUT2D eigenvalue weighted by atomic mass is 10.0. The number of carbonyl (C=O) groups is 1. The molecule has 0 spiro atoms. The number of nitrogens with zero attached hydrogens (tertiary/aromatic N) is 1. The summed E-state index contributed by atoms with van der Waals surface area (Å²) in [6.45, 7) is 0. The van der Waals surface area contributed by atoms with Crippen LogP contribution in [0.4, 0.5) is 5.82 Å². The molecule has 4 N–H and O–H groups in total. The molecule has 0 fully saturated rings. The number of esters is 1. The molecule has 0 radical (unpaired) electrons. The smallest absolute Gasteiger partial charge is 0.322 e. The van der Waals surface area contributed by atoms with Gasteiger partial charge in [-0.3, -0.25) is 4.79 Å². The van der Waals surface area contributed by atoms with Crippen molar-refractivity contribution in [1.29, 1.82) is 0 Å². The molecule has 1 unspecified atom stereocenters. The number of nitrogens with two attached hydrogens (primary N) is 2. The highest BCUT2D eigenvalue weighted by molar-refractivity contribution is 5.85. The van der Waals surface area contributed by atoms with Crippen molar-refractivity contribution in [1.82, 2.24) is 4.98 Å². The molecule has 5 nitrogen and oxygen atoms in total. The summed E-state index contributed by atoms with van der Waals surface area (Å²) in [5.41, 5.74) is 14.4. The topological polar surface area (TPSA) is 91.2 Å². The van der Waals surface area contributed by atoms with Crippen molar-refractivity contribution < 1.29 is 9.53 Å². The summed E-state index contributed by atoms with van der Waals surface area (Å²) in [7, 11) is 1.33. The molecule has 0 aliphatic carbocycles. The van der Waals surface area contributed by atoms with Crippen LogP contribution in [0, 0.1) is 0 Å². The molecular weight excluding hydrogens is 325 g/mol. The second-order valence-electron chi connectivity index (χ2n) is 4.50. The van der Waals surface area contributed by atoms with Crippen LogP contribution in [0.2, 0.25) is 0 Å². The molecule has 0 bridgehead atoms. The maximum atomic E-state index is 11.3. The summed E-state index contributed by atoms with van der Waals surface area (Å²) in [5, 5.41) is 0. The molecule has 0 saturated heterocycles. The minimum Gasteiger partial charge on any atom is -0.468 e. The van der Waals surface area contributed by atoms with Crippen LogP contribution in [0.25, 0.3) is 11.1 Å². The van der Waals surface area contributed by atoms with Crippen molar-refractivity contribution in [2.75, 3.05) is 12.8 Å². The van der Waals surface area contributed by atoms with Gasteiger partial charge in [0.1, 0.15) is 11.9 Å². The third-order valence-electron chi connectivity index (χ3n) is 3.03. The van der Waals surface area contributed by atoms with E-state index in [1.54, 1.807) is 6.20 Å². The average Bonchev–Trinajstić information content (AvgIpc) is 2.47. The Morgan fingerprint density at radius 2 is 1.82 bits per heavy atom. The second-order valence-corrected chi connectivity index (χ2v) is 4.50. The number of hydrogen-bond donors (Lipinski definition) is 2. The number of anilines is 1. The van der Waals surface area contributed by atoms with E-state index in [0.717, 1.165) is 16.7 Å². The van der Waals surface area contributed by atoms with Gasteiger partial charge in [0.15, 0.2) is 0 Å². The van der Waals surface area contributed by atoms with Gasteiger partial charge >= 0.3 is 5.97 Å². The summed E-state index contributed by atoms with van der Waals surface area (Å²) in [6.07, 6.45) is 2.12. The molecule has 1 atom stereocenters. The minimum atomic E-state index is -0.637. The fraction of sp³-hybridized carbons (Fsp3) is 0.200. The number of benzene rings is 1. The Morgan fingerprint density at radius 3 is 2.36 bits per heavy atom. The Kier molecular flexibility index (Phi) is 8.48. The van der Waals surface area contributed by atoms with E-state index < -0.39 is 12.0 Å². The molecule has 7 heteroatoms. The molecular formula is C15H19Cl2N3O2. The third-order valence-corrected chi connectivity index (χ3v) is 3.03. The van der Waals surface area contributed by atoms with E-state index in [0.29, 0.717) is 12.2 Å². The Balaban J connectivity index is 0.00000220. The standard InChI is InChI=1S/C15H17N3O2.2ClH/c1-20-15(19)13(16)8-10-2-4-11(5-3-10)12-6-7-18-14(17)9-12;;/h2-7,9,13H,8,16H2,1H3,(H2,17,18);2*1H. The lowest BCUT2D eigenvalue weighted by Crippen LogP contribution is -2.33. The van der Waals surface area contributed by atoms with Gasteiger partial charge in [-0.05, 0) is 35.2 Å². The zero-order valence-electron chi connectivity index (χ0n) is 12.1. The fourth-order valence-corrected chi connectivity index (χ4v) is 1.95. The van der Waals surface area contributed by atoms with Crippen molar-refractivity contribution in [3.8, 4) is 11.1 Å². The van der Waals surface area contributed by atoms with Gasteiger partial charge in [0.25, 0.3) is 0 Å². The largest absolute Gasteiger partial charge is 0.468 e. The SMILES string of the molecule is COC(=O)C(N)Cc1ccc(-c2ccnc(N)c2)cc1.Cl.Cl. The first kappa shape index (κ1) is 20.2. The monoisotopic (exact) mass is 343 g/mol. The van der Waals surface area contributed by atoms with Gasteiger partial charge in [-0.25, -0.2) is 4.98 Å². The first-order valence-electron chi connectivity index (χ1n) is 6.24. The van der Waals surface area contributed by atoms with E-state index in [1.165, 1.54) is 7.11 Å². The Labute approximate surface area is 141 Å². The number of carbonyl (C=O) groups excluding carboxylic acids is 1. The number of ether oxygens (including phenoxy) is 1. The van der Waals surface area contributed by atoms with Crippen LogP contribution >= 0.6 is 24.8 Å². The first-order valence-corrected chi connectivity index (χ1v) is 6.24. The highest BCUT2D eigenvalue weighted by atomic mass is 35.5. The minimum absolute atomic E-state index is 0. The van der Waals surface area contributed by atoms with Gasteiger partial charge in [0, 0.05) is 6.20 Å². The Morgan fingerprint density at radius 1 is 1.18 bits per heavy atom. The highest BCUT2D eigenvalue weighted by Gasteiger charge is 2.14. The van der Waals surface area contributed by atoms with Gasteiger partial charge in [0.05, 0.1) is 7.11 Å². The summed E-state index contributed by atoms with van der Waals surface area (Å²) in [6, 6.07) is 10.9. The van der Waals surface area contributed by atoms with Crippen molar-refractivity contribution >= 4 is 36.6 Å².